The quantitative estimate of drug-likeness (QED) is 0.142. The van der Waals surface area contributed by atoms with Crippen LogP contribution in [-0.4, -0.2) is 44.4 Å². The standard InChI is InChI=1S/C31H30BrFN4O7/c1-4-42-30(39)28-18(2)35-31(40)36-29(28)19-9-11-25(26(14-19)41-3)44-17-27(38)37-34-15-21-13-22(32)10-12-24(21)43-16-20-7-5-6-8-23(20)33/h5-15,29H,4,16-17H2,1-3H3,(H,37,38)(H2,35,36,40)/b34-15-/t29-/m1/s1. The van der Waals surface area contributed by atoms with Crippen molar-refractivity contribution in [3.8, 4) is 17.2 Å². The van der Waals surface area contributed by atoms with Crippen molar-refractivity contribution >= 4 is 40.1 Å². The molecule has 44 heavy (non-hydrogen) atoms. The van der Waals surface area contributed by atoms with E-state index in [1.54, 1.807) is 68.4 Å². The fourth-order valence-electron chi connectivity index (χ4n) is 4.28. The monoisotopic (exact) mass is 668 g/mol. The highest BCUT2D eigenvalue weighted by atomic mass is 79.9. The molecule has 3 N–H and O–H groups in total. The minimum atomic E-state index is -0.790. The third-order valence-corrected chi connectivity index (χ3v) is 6.84. The summed E-state index contributed by atoms with van der Waals surface area (Å²) in [5.74, 6) is -0.514. The van der Waals surface area contributed by atoms with E-state index in [4.69, 9.17) is 18.9 Å². The zero-order valence-electron chi connectivity index (χ0n) is 24.1. The molecule has 1 aliphatic heterocycles. The molecule has 4 rings (SSSR count). The Bertz CT molecular complexity index is 1610. The van der Waals surface area contributed by atoms with Gasteiger partial charge in [0, 0.05) is 21.3 Å². The lowest BCUT2D eigenvalue weighted by molar-refractivity contribution is -0.139. The molecule has 0 aromatic heterocycles. The minimum Gasteiger partial charge on any atom is -0.493 e. The summed E-state index contributed by atoms with van der Waals surface area (Å²) in [5.41, 5.74) is 4.52. The number of amides is 3. The number of hydrogen-bond donors (Lipinski definition) is 3. The lowest BCUT2D eigenvalue weighted by Gasteiger charge is -2.28. The molecule has 0 unspecified atom stereocenters. The van der Waals surface area contributed by atoms with Crippen molar-refractivity contribution in [3.63, 3.8) is 0 Å². The normalized spacial score (nSPS) is 14.5. The molecule has 1 aliphatic rings. The number of rotatable bonds is 12. The second-order valence-electron chi connectivity index (χ2n) is 9.35. The van der Waals surface area contributed by atoms with Crippen molar-refractivity contribution in [2.24, 2.45) is 5.10 Å². The van der Waals surface area contributed by atoms with E-state index in [-0.39, 0.29) is 42.7 Å². The summed E-state index contributed by atoms with van der Waals surface area (Å²) < 4.78 is 36.8. The number of methoxy groups -OCH3 is 1. The molecule has 0 spiro atoms. The van der Waals surface area contributed by atoms with E-state index in [0.29, 0.717) is 28.1 Å². The Morgan fingerprint density at radius 3 is 2.59 bits per heavy atom. The SMILES string of the molecule is CCOC(=O)C1=C(C)NC(=O)N[C@@H]1c1ccc(OCC(=O)N/N=C\c2cc(Br)ccc2OCc2ccccc2F)c(OC)c1. The molecular weight excluding hydrogens is 639 g/mol. The molecule has 230 valence electrons. The number of carbonyl (C=O) groups is 3. The first-order chi connectivity index (χ1) is 21.2. The van der Waals surface area contributed by atoms with Crippen LogP contribution >= 0.6 is 15.9 Å². The zero-order valence-corrected chi connectivity index (χ0v) is 25.7. The molecule has 11 nitrogen and oxygen atoms in total. The highest BCUT2D eigenvalue weighted by molar-refractivity contribution is 9.10. The van der Waals surface area contributed by atoms with Gasteiger partial charge < -0.3 is 29.6 Å². The number of ether oxygens (including phenoxy) is 4. The molecule has 3 amide bonds. The maximum absolute atomic E-state index is 14.0. The highest BCUT2D eigenvalue weighted by Crippen LogP contribution is 2.34. The fourth-order valence-corrected chi connectivity index (χ4v) is 4.66. The Hall–Kier alpha value is -4.91. The number of nitrogens with zero attached hydrogens (tertiary/aromatic N) is 1. The molecule has 0 bridgehead atoms. The number of nitrogens with one attached hydrogen (secondary N) is 3. The van der Waals surface area contributed by atoms with Crippen LogP contribution < -0.4 is 30.3 Å². The van der Waals surface area contributed by atoms with Gasteiger partial charge >= 0.3 is 12.0 Å². The van der Waals surface area contributed by atoms with E-state index in [0.717, 1.165) is 4.47 Å². The average molecular weight is 670 g/mol. The van der Waals surface area contributed by atoms with E-state index in [9.17, 15) is 18.8 Å². The Balaban J connectivity index is 1.39. The van der Waals surface area contributed by atoms with E-state index < -0.39 is 23.9 Å². The summed E-state index contributed by atoms with van der Waals surface area (Å²) in [6.07, 6.45) is 1.40. The van der Waals surface area contributed by atoms with Gasteiger partial charge in [-0.2, -0.15) is 5.10 Å². The first-order valence-electron chi connectivity index (χ1n) is 13.4. The summed E-state index contributed by atoms with van der Waals surface area (Å²) in [6.45, 7) is 3.10. The summed E-state index contributed by atoms with van der Waals surface area (Å²) in [4.78, 5) is 37.2. The average Bonchev–Trinajstić information content (AvgIpc) is 3.00. The van der Waals surface area contributed by atoms with E-state index in [2.05, 4.69) is 37.1 Å². The van der Waals surface area contributed by atoms with Crippen LogP contribution in [0.2, 0.25) is 0 Å². The lowest BCUT2D eigenvalue weighted by atomic mass is 9.95. The fraction of sp³-hybridized carbons (Fsp3) is 0.226. The molecule has 1 atom stereocenters. The van der Waals surface area contributed by atoms with Gasteiger partial charge in [-0.1, -0.05) is 40.2 Å². The van der Waals surface area contributed by atoms with Gasteiger partial charge in [0.2, 0.25) is 0 Å². The van der Waals surface area contributed by atoms with E-state index in [1.807, 2.05) is 0 Å². The van der Waals surface area contributed by atoms with Gasteiger partial charge in [0.15, 0.2) is 18.1 Å². The number of urea groups is 1. The maximum atomic E-state index is 14.0. The number of esters is 1. The third kappa shape index (κ3) is 8.13. The van der Waals surface area contributed by atoms with E-state index in [1.165, 1.54) is 19.4 Å². The van der Waals surface area contributed by atoms with Crippen LogP contribution in [0.4, 0.5) is 9.18 Å². The van der Waals surface area contributed by atoms with Crippen molar-refractivity contribution < 1.29 is 37.7 Å². The van der Waals surface area contributed by atoms with Crippen molar-refractivity contribution in [1.82, 2.24) is 16.1 Å². The van der Waals surface area contributed by atoms with Crippen molar-refractivity contribution in [2.75, 3.05) is 20.3 Å². The first kappa shape index (κ1) is 32.0. The molecule has 0 radical (unpaired) electrons. The highest BCUT2D eigenvalue weighted by Gasteiger charge is 2.32. The maximum Gasteiger partial charge on any atom is 0.338 e. The largest absolute Gasteiger partial charge is 0.493 e. The number of benzene rings is 3. The zero-order chi connectivity index (χ0) is 31.6. The molecule has 0 saturated heterocycles. The van der Waals surface area contributed by atoms with Crippen LogP contribution in [-0.2, 0) is 20.9 Å². The van der Waals surface area contributed by atoms with Crippen LogP contribution in [0.3, 0.4) is 0 Å². The minimum absolute atomic E-state index is 0.0139. The smallest absolute Gasteiger partial charge is 0.338 e. The predicted octanol–water partition coefficient (Wildman–Crippen LogP) is 4.90. The number of allylic oxidation sites excluding steroid dienone is 1. The second kappa shape index (κ2) is 15.0. The molecule has 0 saturated carbocycles. The van der Waals surface area contributed by atoms with Crippen LogP contribution in [0, 0.1) is 5.82 Å². The molecule has 3 aromatic rings. The Labute approximate surface area is 261 Å². The molecule has 0 aliphatic carbocycles. The van der Waals surface area contributed by atoms with Gasteiger partial charge in [0.05, 0.1) is 31.5 Å². The number of hydrazone groups is 1. The Kier molecular flexibility index (Phi) is 10.9. The van der Waals surface area contributed by atoms with Crippen LogP contribution in [0.5, 0.6) is 17.2 Å². The van der Waals surface area contributed by atoms with Crippen LogP contribution in [0.15, 0.2) is 81.5 Å². The summed E-state index contributed by atoms with van der Waals surface area (Å²) in [5, 5.41) is 9.30. The second-order valence-corrected chi connectivity index (χ2v) is 10.3. The van der Waals surface area contributed by atoms with E-state index >= 15 is 0 Å². The van der Waals surface area contributed by atoms with Crippen molar-refractivity contribution in [1.29, 1.82) is 0 Å². The molecule has 3 aromatic carbocycles. The van der Waals surface area contributed by atoms with Crippen LogP contribution in [0.1, 0.15) is 36.6 Å². The number of carbonyl (C=O) groups excluding carboxylic acids is 3. The lowest BCUT2D eigenvalue weighted by Crippen LogP contribution is -2.45. The molecular formula is C31H30BrFN4O7. The molecule has 1 heterocycles. The topological polar surface area (TPSA) is 137 Å². The van der Waals surface area contributed by atoms with Gasteiger partial charge in [0.25, 0.3) is 5.91 Å². The predicted molar refractivity (Wildman–Crippen MR) is 163 cm³/mol. The van der Waals surface area contributed by atoms with Crippen molar-refractivity contribution in [3.05, 3.63) is 98.9 Å². The summed E-state index contributed by atoms with van der Waals surface area (Å²) >= 11 is 3.40. The summed E-state index contributed by atoms with van der Waals surface area (Å²) in [6, 6.07) is 15.1. The third-order valence-electron chi connectivity index (χ3n) is 6.35. The van der Waals surface area contributed by atoms with Gasteiger partial charge in [0.1, 0.15) is 18.2 Å². The van der Waals surface area contributed by atoms with Gasteiger partial charge in [-0.15, -0.1) is 0 Å². The Morgan fingerprint density at radius 1 is 1.07 bits per heavy atom. The first-order valence-corrected chi connectivity index (χ1v) is 14.2. The van der Waals surface area contributed by atoms with Gasteiger partial charge in [-0.3, -0.25) is 4.79 Å². The van der Waals surface area contributed by atoms with Gasteiger partial charge in [-0.05, 0) is 55.8 Å². The number of hydrogen-bond acceptors (Lipinski definition) is 8. The molecule has 0 fully saturated rings. The number of halogens is 2. The van der Waals surface area contributed by atoms with Crippen molar-refractivity contribution in [2.45, 2.75) is 26.5 Å². The summed E-state index contributed by atoms with van der Waals surface area (Å²) in [7, 11) is 1.43. The van der Waals surface area contributed by atoms with Crippen LogP contribution in [0.25, 0.3) is 0 Å². The van der Waals surface area contributed by atoms with Gasteiger partial charge in [-0.25, -0.2) is 19.4 Å². The molecule has 13 heteroatoms. The Morgan fingerprint density at radius 2 is 1.84 bits per heavy atom.